The lowest BCUT2D eigenvalue weighted by molar-refractivity contribution is 0.307. The van der Waals surface area contributed by atoms with Crippen molar-refractivity contribution in [2.45, 2.75) is 19.9 Å². The van der Waals surface area contributed by atoms with Crippen LogP contribution in [0, 0.1) is 6.92 Å². The molecule has 2 aromatic rings. The van der Waals surface area contributed by atoms with E-state index in [9.17, 15) is 0 Å². The minimum absolute atomic E-state index is 0.635. The lowest BCUT2D eigenvalue weighted by Gasteiger charge is -2.28. The van der Waals surface area contributed by atoms with Crippen LogP contribution < -0.4 is 9.64 Å². The highest BCUT2D eigenvalue weighted by Crippen LogP contribution is 2.24. The van der Waals surface area contributed by atoms with Crippen molar-refractivity contribution in [2.24, 2.45) is 0 Å². The molecule has 0 aliphatic carbocycles. The second-order valence-electron chi connectivity index (χ2n) is 6.15. The molecule has 122 valence electrons. The van der Waals surface area contributed by atoms with Crippen molar-refractivity contribution < 1.29 is 4.74 Å². The number of ether oxygens (including phenoxy) is 1. The Balaban J connectivity index is 1.65. The van der Waals surface area contributed by atoms with Gasteiger partial charge >= 0.3 is 0 Å². The average Bonchev–Trinajstić information content (AvgIpc) is 2.56. The van der Waals surface area contributed by atoms with Gasteiger partial charge in [-0.05, 0) is 25.6 Å². The second kappa shape index (κ2) is 6.96. The molecule has 0 saturated carbocycles. The van der Waals surface area contributed by atoms with Gasteiger partial charge in [0.05, 0.1) is 12.2 Å². The molecular weight excluding hydrogens is 288 g/mol. The van der Waals surface area contributed by atoms with Crippen molar-refractivity contribution in [1.82, 2.24) is 14.9 Å². The number of hydrogen-bond donors (Lipinski definition) is 0. The molecule has 0 bridgehead atoms. The maximum atomic E-state index is 5.90. The zero-order chi connectivity index (χ0) is 16.2. The van der Waals surface area contributed by atoms with Crippen molar-refractivity contribution in [3.05, 3.63) is 47.4 Å². The van der Waals surface area contributed by atoms with Crippen LogP contribution in [0.3, 0.4) is 0 Å². The van der Waals surface area contributed by atoms with E-state index in [1.54, 1.807) is 6.33 Å². The molecule has 5 heteroatoms. The Hall–Kier alpha value is -2.14. The van der Waals surface area contributed by atoms with E-state index in [1.165, 1.54) is 11.3 Å². The van der Waals surface area contributed by atoms with Crippen molar-refractivity contribution >= 4 is 5.82 Å². The number of benzene rings is 1. The number of para-hydroxylation sites is 1. The fourth-order valence-electron chi connectivity index (χ4n) is 2.91. The zero-order valence-electron chi connectivity index (χ0n) is 14.1. The third-order valence-electron chi connectivity index (χ3n) is 4.31. The van der Waals surface area contributed by atoms with Crippen LogP contribution in [-0.2, 0) is 13.0 Å². The number of likely N-dealkylation sites (N-methyl/N-ethyl adjacent to an activating group) is 2. The van der Waals surface area contributed by atoms with Crippen LogP contribution in [0.25, 0.3) is 0 Å². The molecule has 1 aliphatic rings. The molecule has 0 N–H and O–H groups in total. The summed E-state index contributed by atoms with van der Waals surface area (Å²) in [5.41, 5.74) is 3.59. The first-order valence-electron chi connectivity index (χ1n) is 8.06. The lowest BCUT2D eigenvalue weighted by Crippen LogP contribution is -2.32. The van der Waals surface area contributed by atoms with Crippen LogP contribution in [0.5, 0.6) is 5.75 Å². The van der Waals surface area contributed by atoms with Crippen LogP contribution in [-0.4, -0.2) is 48.7 Å². The predicted octanol–water partition coefficient (Wildman–Crippen LogP) is 2.29. The van der Waals surface area contributed by atoms with Gasteiger partial charge in [-0.3, -0.25) is 0 Å². The summed E-state index contributed by atoms with van der Waals surface area (Å²) in [6, 6.07) is 8.10. The Morgan fingerprint density at radius 3 is 2.91 bits per heavy atom. The van der Waals surface area contributed by atoms with Gasteiger partial charge in [0.25, 0.3) is 0 Å². The molecule has 23 heavy (non-hydrogen) atoms. The van der Waals surface area contributed by atoms with Crippen LogP contribution in [0.1, 0.15) is 16.8 Å². The molecule has 5 nitrogen and oxygen atoms in total. The summed E-state index contributed by atoms with van der Waals surface area (Å²) in [7, 11) is 4.21. The number of nitrogens with zero attached hydrogens (tertiary/aromatic N) is 4. The Labute approximate surface area is 137 Å². The van der Waals surface area contributed by atoms with E-state index in [0.717, 1.165) is 43.2 Å². The van der Waals surface area contributed by atoms with Crippen LogP contribution >= 0.6 is 0 Å². The maximum absolute atomic E-state index is 5.90. The Morgan fingerprint density at radius 1 is 1.26 bits per heavy atom. The van der Waals surface area contributed by atoms with Crippen molar-refractivity contribution in [3.8, 4) is 5.75 Å². The van der Waals surface area contributed by atoms with Gasteiger partial charge in [0.15, 0.2) is 0 Å². The largest absolute Gasteiger partial charge is 0.491 e. The summed E-state index contributed by atoms with van der Waals surface area (Å²) in [4.78, 5) is 13.4. The first-order chi connectivity index (χ1) is 11.1. The highest BCUT2D eigenvalue weighted by molar-refractivity contribution is 5.48. The van der Waals surface area contributed by atoms with Crippen molar-refractivity contribution in [3.63, 3.8) is 0 Å². The first-order valence-corrected chi connectivity index (χ1v) is 8.06. The van der Waals surface area contributed by atoms with Gasteiger partial charge in [-0.1, -0.05) is 18.2 Å². The molecule has 0 fully saturated rings. The third-order valence-corrected chi connectivity index (χ3v) is 4.31. The molecule has 1 aliphatic heterocycles. The molecular formula is C18H24N4O. The van der Waals surface area contributed by atoms with E-state index in [-0.39, 0.29) is 0 Å². The van der Waals surface area contributed by atoms with Gasteiger partial charge < -0.3 is 14.5 Å². The highest BCUT2D eigenvalue weighted by atomic mass is 16.5. The predicted molar refractivity (Wildman–Crippen MR) is 92.0 cm³/mol. The quantitative estimate of drug-likeness (QED) is 0.847. The molecule has 1 aromatic carbocycles. The molecule has 3 rings (SSSR count). The van der Waals surface area contributed by atoms with Gasteiger partial charge in [0.2, 0.25) is 0 Å². The molecule has 0 spiro atoms. The van der Waals surface area contributed by atoms with Crippen LogP contribution in [0.4, 0.5) is 5.82 Å². The minimum Gasteiger partial charge on any atom is -0.491 e. The standard InChI is InChI=1S/C18H24N4O/c1-14-6-4-5-7-17(14)23-11-10-22(3)18-15-12-21(2)9-8-16(15)19-13-20-18/h4-7,13H,8-12H2,1-3H3. The Bertz CT molecular complexity index is 674. The average molecular weight is 312 g/mol. The van der Waals surface area contributed by atoms with E-state index in [0.29, 0.717) is 6.61 Å². The van der Waals surface area contributed by atoms with E-state index in [4.69, 9.17) is 4.74 Å². The van der Waals surface area contributed by atoms with Gasteiger partial charge in [-0.2, -0.15) is 0 Å². The molecule has 0 unspecified atom stereocenters. The summed E-state index contributed by atoms with van der Waals surface area (Å²) in [6.07, 6.45) is 2.67. The number of anilines is 1. The monoisotopic (exact) mass is 312 g/mol. The van der Waals surface area contributed by atoms with Gasteiger partial charge in [0.1, 0.15) is 24.5 Å². The number of hydrogen-bond acceptors (Lipinski definition) is 5. The van der Waals surface area contributed by atoms with Gasteiger partial charge in [0, 0.05) is 32.1 Å². The van der Waals surface area contributed by atoms with E-state index >= 15 is 0 Å². The number of fused-ring (bicyclic) bond motifs is 1. The summed E-state index contributed by atoms with van der Waals surface area (Å²) in [5.74, 6) is 1.97. The molecule has 0 radical (unpaired) electrons. The maximum Gasteiger partial charge on any atom is 0.136 e. The summed E-state index contributed by atoms with van der Waals surface area (Å²) in [6.45, 7) is 5.46. The molecule has 2 heterocycles. The van der Waals surface area contributed by atoms with E-state index < -0.39 is 0 Å². The zero-order valence-corrected chi connectivity index (χ0v) is 14.1. The number of aryl methyl sites for hydroxylation is 1. The van der Waals surface area contributed by atoms with E-state index in [1.807, 2.05) is 18.2 Å². The minimum atomic E-state index is 0.635. The van der Waals surface area contributed by atoms with Crippen molar-refractivity contribution in [2.75, 3.05) is 38.7 Å². The molecule has 0 saturated heterocycles. The molecule has 0 amide bonds. The first kappa shape index (κ1) is 15.7. The fraction of sp³-hybridized carbons (Fsp3) is 0.444. The summed E-state index contributed by atoms with van der Waals surface area (Å²) < 4.78 is 5.90. The van der Waals surface area contributed by atoms with E-state index in [2.05, 4.69) is 46.9 Å². The van der Waals surface area contributed by atoms with Crippen LogP contribution in [0.2, 0.25) is 0 Å². The fourth-order valence-corrected chi connectivity index (χ4v) is 2.91. The number of rotatable bonds is 5. The molecule has 1 aromatic heterocycles. The second-order valence-corrected chi connectivity index (χ2v) is 6.15. The SMILES string of the molecule is Cc1ccccc1OCCN(C)c1ncnc2c1CN(C)CC2. The summed E-state index contributed by atoms with van der Waals surface area (Å²) >= 11 is 0. The third kappa shape index (κ3) is 3.62. The van der Waals surface area contributed by atoms with Crippen molar-refractivity contribution in [1.29, 1.82) is 0 Å². The normalized spacial score (nSPS) is 14.4. The van der Waals surface area contributed by atoms with Gasteiger partial charge in [-0.15, -0.1) is 0 Å². The summed E-state index contributed by atoms with van der Waals surface area (Å²) in [5, 5.41) is 0. The topological polar surface area (TPSA) is 41.5 Å². The Kier molecular flexibility index (Phi) is 4.76. The lowest BCUT2D eigenvalue weighted by atomic mass is 10.1. The van der Waals surface area contributed by atoms with Crippen LogP contribution in [0.15, 0.2) is 30.6 Å². The number of aromatic nitrogens is 2. The smallest absolute Gasteiger partial charge is 0.136 e. The Morgan fingerprint density at radius 2 is 2.09 bits per heavy atom. The molecule has 0 atom stereocenters. The van der Waals surface area contributed by atoms with Gasteiger partial charge in [-0.25, -0.2) is 9.97 Å². The highest BCUT2D eigenvalue weighted by Gasteiger charge is 2.20.